The quantitative estimate of drug-likeness (QED) is 0.876. The number of anilines is 1. The smallest absolute Gasteiger partial charge is 0.303 e. The van der Waals surface area contributed by atoms with E-state index < -0.39 is 5.97 Å². The minimum Gasteiger partial charge on any atom is -0.481 e. The average Bonchev–Trinajstić information content (AvgIpc) is 3.19. The summed E-state index contributed by atoms with van der Waals surface area (Å²) in [7, 11) is 0. The van der Waals surface area contributed by atoms with Gasteiger partial charge in [0.15, 0.2) is 0 Å². The normalized spacial score (nSPS) is 16.4. The van der Waals surface area contributed by atoms with Crippen LogP contribution in [0.3, 0.4) is 0 Å². The Bertz CT molecular complexity index is 638. The fourth-order valence-electron chi connectivity index (χ4n) is 2.52. The first kappa shape index (κ1) is 11.9. The Morgan fingerprint density at radius 1 is 1.42 bits per heavy atom. The lowest BCUT2D eigenvalue weighted by Crippen LogP contribution is -2.08. The first-order chi connectivity index (χ1) is 9.13. The Balaban J connectivity index is 1.98. The van der Waals surface area contributed by atoms with Crippen LogP contribution in [0.25, 0.3) is 11.0 Å². The standard InChI is InChI=1S/C14H15N3O2/c15-13-7-16-12-5-9(3-4-11(12)17-13)10(6-14(18)19)8-1-2-8/h3-5,7-8,10H,1-2,6H2,(H2,15,17)(H,18,19). The van der Waals surface area contributed by atoms with Crippen LogP contribution in [0.15, 0.2) is 24.4 Å². The number of aromatic nitrogens is 2. The van der Waals surface area contributed by atoms with Gasteiger partial charge in [-0.1, -0.05) is 6.07 Å². The van der Waals surface area contributed by atoms with E-state index >= 15 is 0 Å². The second-order valence-corrected chi connectivity index (χ2v) is 5.08. The largest absolute Gasteiger partial charge is 0.481 e. The monoisotopic (exact) mass is 257 g/mol. The van der Waals surface area contributed by atoms with Gasteiger partial charge in [-0.25, -0.2) is 4.98 Å². The summed E-state index contributed by atoms with van der Waals surface area (Å²) >= 11 is 0. The number of nitrogen functional groups attached to an aromatic ring is 1. The topological polar surface area (TPSA) is 89.1 Å². The summed E-state index contributed by atoms with van der Waals surface area (Å²) in [5, 5.41) is 9.03. The Morgan fingerprint density at radius 2 is 2.21 bits per heavy atom. The lowest BCUT2D eigenvalue weighted by atomic mass is 9.91. The minimum atomic E-state index is -0.750. The molecule has 1 aromatic carbocycles. The molecule has 1 aliphatic rings. The van der Waals surface area contributed by atoms with Crippen LogP contribution in [0.4, 0.5) is 5.82 Å². The van der Waals surface area contributed by atoms with Gasteiger partial charge in [-0.2, -0.15) is 0 Å². The third-order valence-electron chi connectivity index (χ3n) is 3.60. The Kier molecular flexibility index (Phi) is 2.81. The summed E-state index contributed by atoms with van der Waals surface area (Å²) in [5.41, 5.74) is 8.14. The van der Waals surface area contributed by atoms with Gasteiger partial charge in [0.1, 0.15) is 5.82 Å². The Labute approximate surface area is 110 Å². The second kappa shape index (κ2) is 4.50. The molecule has 5 heteroatoms. The summed E-state index contributed by atoms with van der Waals surface area (Å²) in [5.74, 6) is 0.224. The molecule has 0 bridgehead atoms. The number of nitrogens with two attached hydrogens (primary N) is 1. The van der Waals surface area contributed by atoms with Gasteiger partial charge in [0.05, 0.1) is 23.7 Å². The maximum atomic E-state index is 11.0. The van der Waals surface area contributed by atoms with Gasteiger partial charge in [0, 0.05) is 0 Å². The zero-order valence-electron chi connectivity index (χ0n) is 10.4. The van der Waals surface area contributed by atoms with Crippen LogP contribution in [0.5, 0.6) is 0 Å². The molecule has 0 spiro atoms. The fourth-order valence-corrected chi connectivity index (χ4v) is 2.52. The minimum absolute atomic E-state index is 0.0845. The van der Waals surface area contributed by atoms with Crippen LogP contribution < -0.4 is 5.73 Å². The number of rotatable bonds is 4. The van der Waals surface area contributed by atoms with Crippen molar-refractivity contribution in [2.75, 3.05) is 5.73 Å². The van der Waals surface area contributed by atoms with Crippen molar-refractivity contribution >= 4 is 22.8 Å². The van der Waals surface area contributed by atoms with E-state index in [2.05, 4.69) is 9.97 Å². The molecule has 1 fully saturated rings. The van der Waals surface area contributed by atoms with Gasteiger partial charge in [-0.15, -0.1) is 0 Å². The van der Waals surface area contributed by atoms with Crippen LogP contribution in [0, 0.1) is 5.92 Å². The summed E-state index contributed by atoms with van der Waals surface area (Å²) in [6.45, 7) is 0. The summed E-state index contributed by atoms with van der Waals surface area (Å²) in [6.07, 6.45) is 3.93. The molecule has 0 saturated heterocycles. The van der Waals surface area contributed by atoms with E-state index in [-0.39, 0.29) is 12.3 Å². The van der Waals surface area contributed by atoms with E-state index in [0.29, 0.717) is 11.7 Å². The molecular weight excluding hydrogens is 242 g/mol. The number of nitrogens with zero attached hydrogens (tertiary/aromatic N) is 2. The zero-order valence-corrected chi connectivity index (χ0v) is 10.4. The van der Waals surface area contributed by atoms with Crippen molar-refractivity contribution in [2.24, 2.45) is 5.92 Å². The maximum absolute atomic E-state index is 11.0. The summed E-state index contributed by atoms with van der Waals surface area (Å²) in [6, 6.07) is 5.75. The highest BCUT2D eigenvalue weighted by Gasteiger charge is 2.33. The molecule has 1 heterocycles. The van der Waals surface area contributed by atoms with E-state index in [9.17, 15) is 4.79 Å². The number of aliphatic carboxylic acids is 1. The van der Waals surface area contributed by atoms with Crippen LogP contribution in [-0.4, -0.2) is 21.0 Å². The first-order valence-corrected chi connectivity index (χ1v) is 6.37. The number of carboxylic acids is 1. The zero-order chi connectivity index (χ0) is 13.4. The average molecular weight is 257 g/mol. The van der Waals surface area contributed by atoms with Crippen molar-refractivity contribution in [3.05, 3.63) is 30.0 Å². The van der Waals surface area contributed by atoms with E-state index in [1.165, 1.54) is 6.20 Å². The third kappa shape index (κ3) is 2.50. The van der Waals surface area contributed by atoms with E-state index in [1.807, 2.05) is 18.2 Å². The molecular formula is C14H15N3O2. The number of hydrogen-bond donors (Lipinski definition) is 2. The van der Waals surface area contributed by atoms with Crippen molar-refractivity contribution in [1.29, 1.82) is 0 Å². The summed E-state index contributed by atoms with van der Waals surface area (Å²) < 4.78 is 0. The summed E-state index contributed by atoms with van der Waals surface area (Å²) in [4.78, 5) is 19.4. The molecule has 0 aliphatic heterocycles. The number of carboxylic acid groups (broad SMARTS) is 1. The molecule has 3 N–H and O–H groups in total. The highest BCUT2D eigenvalue weighted by molar-refractivity contribution is 5.76. The molecule has 1 aliphatic carbocycles. The third-order valence-corrected chi connectivity index (χ3v) is 3.60. The first-order valence-electron chi connectivity index (χ1n) is 6.37. The van der Waals surface area contributed by atoms with Crippen LogP contribution in [0.1, 0.15) is 30.7 Å². The second-order valence-electron chi connectivity index (χ2n) is 5.08. The number of benzene rings is 1. The van der Waals surface area contributed by atoms with Crippen molar-refractivity contribution in [3.8, 4) is 0 Å². The SMILES string of the molecule is Nc1cnc2cc(C(CC(=O)O)C3CC3)ccc2n1. The Hall–Kier alpha value is -2.17. The molecule has 1 unspecified atom stereocenters. The van der Waals surface area contributed by atoms with E-state index in [1.54, 1.807) is 0 Å². The predicted molar refractivity (Wildman–Crippen MR) is 71.7 cm³/mol. The predicted octanol–water partition coefficient (Wildman–Crippen LogP) is 2.18. The van der Waals surface area contributed by atoms with Crippen molar-refractivity contribution in [3.63, 3.8) is 0 Å². The van der Waals surface area contributed by atoms with Crippen LogP contribution in [0.2, 0.25) is 0 Å². The molecule has 0 radical (unpaired) electrons. The molecule has 3 rings (SSSR count). The highest BCUT2D eigenvalue weighted by Crippen LogP contribution is 2.44. The van der Waals surface area contributed by atoms with E-state index in [0.717, 1.165) is 29.4 Å². The molecule has 0 amide bonds. The van der Waals surface area contributed by atoms with Gasteiger partial charge in [-0.05, 0) is 42.4 Å². The van der Waals surface area contributed by atoms with Crippen LogP contribution >= 0.6 is 0 Å². The molecule has 1 saturated carbocycles. The Morgan fingerprint density at radius 3 is 2.89 bits per heavy atom. The van der Waals surface area contributed by atoms with Gasteiger partial charge in [0.25, 0.3) is 0 Å². The highest BCUT2D eigenvalue weighted by atomic mass is 16.4. The lowest BCUT2D eigenvalue weighted by Gasteiger charge is -2.14. The molecule has 19 heavy (non-hydrogen) atoms. The van der Waals surface area contributed by atoms with Gasteiger partial charge >= 0.3 is 5.97 Å². The molecule has 2 aromatic rings. The number of carbonyl (C=O) groups is 1. The van der Waals surface area contributed by atoms with Gasteiger partial charge < -0.3 is 10.8 Å². The molecule has 1 atom stereocenters. The van der Waals surface area contributed by atoms with Crippen LogP contribution in [-0.2, 0) is 4.79 Å². The van der Waals surface area contributed by atoms with E-state index in [4.69, 9.17) is 10.8 Å². The van der Waals surface area contributed by atoms with Gasteiger partial charge in [-0.3, -0.25) is 9.78 Å². The molecule has 98 valence electrons. The lowest BCUT2D eigenvalue weighted by molar-refractivity contribution is -0.137. The fraction of sp³-hybridized carbons (Fsp3) is 0.357. The van der Waals surface area contributed by atoms with Gasteiger partial charge in [0.2, 0.25) is 0 Å². The molecule has 5 nitrogen and oxygen atoms in total. The number of fused-ring (bicyclic) bond motifs is 1. The maximum Gasteiger partial charge on any atom is 0.303 e. The number of hydrogen-bond acceptors (Lipinski definition) is 4. The van der Waals surface area contributed by atoms with Crippen molar-refractivity contribution in [2.45, 2.75) is 25.2 Å². The molecule has 1 aromatic heterocycles. The van der Waals surface area contributed by atoms with Crippen molar-refractivity contribution in [1.82, 2.24) is 9.97 Å². The van der Waals surface area contributed by atoms with Crippen molar-refractivity contribution < 1.29 is 9.90 Å².